The summed E-state index contributed by atoms with van der Waals surface area (Å²) in [6.07, 6.45) is 0.0321. The van der Waals surface area contributed by atoms with Crippen molar-refractivity contribution in [3.63, 3.8) is 0 Å². The standard InChI is InChI=1S/C12H14F2O3/c1-12(13,14)7-2-8-17-10-5-3-9(4-6-10)11(15)16/h3-6H,2,7-8H2,1H3,(H,15,16). The van der Waals surface area contributed by atoms with Crippen LogP contribution >= 0.6 is 0 Å². The molecule has 3 nitrogen and oxygen atoms in total. The molecule has 5 heteroatoms. The van der Waals surface area contributed by atoms with Gasteiger partial charge in [-0.2, -0.15) is 0 Å². The maximum Gasteiger partial charge on any atom is 0.335 e. The van der Waals surface area contributed by atoms with Crippen LogP contribution in [0.2, 0.25) is 0 Å². The molecule has 0 fully saturated rings. The molecule has 0 saturated heterocycles. The van der Waals surface area contributed by atoms with Gasteiger partial charge < -0.3 is 9.84 Å². The molecule has 0 bridgehead atoms. The first-order valence-electron chi connectivity index (χ1n) is 5.22. The van der Waals surface area contributed by atoms with Gasteiger partial charge in [0, 0.05) is 6.42 Å². The molecule has 1 aromatic rings. The number of aromatic carboxylic acids is 1. The summed E-state index contributed by atoms with van der Waals surface area (Å²) >= 11 is 0. The Labute approximate surface area is 98.0 Å². The third-order valence-electron chi connectivity index (χ3n) is 2.13. The first-order valence-corrected chi connectivity index (χ1v) is 5.22. The second kappa shape index (κ2) is 5.61. The largest absolute Gasteiger partial charge is 0.494 e. The number of benzene rings is 1. The molecule has 0 aliphatic rings. The summed E-state index contributed by atoms with van der Waals surface area (Å²) in [5, 5.41) is 8.66. The monoisotopic (exact) mass is 244 g/mol. The van der Waals surface area contributed by atoms with Gasteiger partial charge in [-0.25, -0.2) is 13.6 Å². The molecule has 0 amide bonds. The van der Waals surface area contributed by atoms with Gasteiger partial charge in [-0.15, -0.1) is 0 Å². The average Bonchev–Trinajstić information content (AvgIpc) is 2.24. The lowest BCUT2D eigenvalue weighted by Crippen LogP contribution is -2.11. The molecular formula is C12H14F2O3. The fourth-order valence-electron chi connectivity index (χ4n) is 1.27. The minimum Gasteiger partial charge on any atom is -0.494 e. The van der Waals surface area contributed by atoms with Crippen molar-refractivity contribution < 1.29 is 23.4 Å². The van der Waals surface area contributed by atoms with E-state index in [4.69, 9.17) is 9.84 Å². The van der Waals surface area contributed by atoms with Crippen molar-refractivity contribution in [2.45, 2.75) is 25.7 Å². The molecule has 0 unspecified atom stereocenters. The predicted molar refractivity (Wildman–Crippen MR) is 58.8 cm³/mol. The van der Waals surface area contributed by atoms with Gasteiger partial charge in [0.2, 0.25) is 5.92 Å². The van der Waals surface area contributed by atoms with Crippen LogP contribution in [-0.4, -0.2) is 23.6 Å². The van der Waals surface area contributed by atoms with E-state index in [1.54, 1.807) is 0 Å². The van der Waals surface area contributed by atoms with Gasteiger partial charge in [0.25, 0.3) is 0 Å². The van der Waals surface area contributed by atoms with Gasteiger partial charge >= 0.3 is 5.97 Å². The van der Waals surface area contributed by atoms with E-state index in [1.165, 1.54) is 24.3 Å². The molecule has 0 saturated carbocycles. The van der Waals surface area contributed by atoms with Crippen LogP contribution in [-0.2, 0) is 0 Å². The number of halogens is 2. The van der Waals surface area contributed by atoms with Gasteiger partial charge in [0.05, 0.1) is 12.2 Å². The van der Waals surface area contributed by atoms with Crippen LogP contribution in [0.15, 0.2) is 24.3 Å². The summed E-state index contributed by atoms with van der Waals surface area (Å²) in [6.45, 7) is 1.06. The lowest BCUT2D eigenvalue weighted by atomic mass is 10.2. The highest BCUT2D eigenvalue weighted by Crippen LogP contribution is 2.19. The predicted octanol–water partition coefficient (Wildman–Crippen LogP) is 3.20. The molecule has 1 N–H and O–H groups in total. The summed E-state index contributed by atoms with van der Waals surface area (Å²) in [4.78, 5) is 10.6. The minimum atomic E-state index is -2.67. The fourth-order valence-corrected chi connectivity index (χ4v) is 1.27. The van der Waals surface area contributed by atoms with Crippen molar-refractivity contribution in [3.05, 3.63) is 29.8 Å². The van der Waals surface area contributed by atoms with Crippen molar-refractivity contribution in [2.75, 3.05) is 6.61 Å². The number of hydrogen-bond acceptors (Lipinski definition) is 2. The highest BCUT2D eigenvalue weighted by molar-refractivity contribution is 5.87. The van der Waals surface area contributed by atoms with Crippen molar-refractivity contribution in [1.82, 2.24) is 0 Å². The van der Waals surface area contributed by atoms with Crippen LogP contribution < -0.4 is 4.74 Å². The third-order valence-corrected chi connectivity index (χ3v) is 2.13. The highest BCUT2D eigenvalue weighted by atomic mass is 19.3. The Morgan fingerprint density at radius 3 is 2.41 bits per heavy atom. The summed E-state index contributed by atoms with van der Waals surface area (Å²) in [5.74, 6) is -3.20. The second-order valence-corrected chi connectivity index (χ2v) is 3.85. The summed E-state index contributed by atoms with van der Waals surface area (Å²) in [5.41, 5.74) is 0.164. The Balaban J connectivity index is 2.35. The van der Waals surface area contributed by atoms with E-state index in [1.807, 2.05) is 0 Å². The molecule has 0 heterocycles. The lowest BCUT2D eigenvalue weighted by molar-refractivity contribution is 0.00767. The van der Waals surface area contributed by atoms with Crippen LogP contribution in [0, 0.1) is 0 Å². The topological polar surface area (TPSA) is 46.5 Å². The lowest BCUT2D eigenvalue weighted by Gasteiger charge is -2.10. The molecule has 0 radical (unpaired) electrons. The number of ether oxygens (including phenoxy) is 1. The maximum absolute atomic E-state index is 12.5. The molecule has 1 aromatic carbocycles. The number of alkyl halides is 2. The van der Waals surface area contributed by atoms with Gasteiger partial charge in [-0.1, -0.05) is 0 Å². The van der Waals surface area contributed by atoms with Crippen LogP contribution in [0.5, 0.6) is 5.75 Å². The smallest absolute Gasteiger partial charge is 0.335 e. The Bertz CT molecular complexity index is 368. The van der Waals surface area contributed by atoms with Crippen LogP contribution in [0.4, 0.5) is 8.78 Å². The molecule has 0 spiro atoms. The zero-order valence-electron chi connectivity index (χ0n) is 9.45. The van der Waals surface area contributed by atoms with E-state index in [9.17, 15) is 13.6 Å². The van der Waals surface area contributed by atoms with Gasteiger partial charge in [0.1, 0.15) is 5.75 Å². The van der Waals surface area contributed by atoms with Gasteiger partial charge in [-0.05, 0) is 37.6 Å². The van der Waals surface area contributed by atoms with E-state index in [-0.39, 0.29) is 25.0 Å². The number of rotatable bonds is 6. The second-order valence-electron chi connectivity index (χ2n) is 3.85. The molecule has 17 heavy (non-hydrogen) atoms. The summed E-state index contributed by atoms with van der Waals surface area (Å²) in [6, 6.07) is 5.83. The summed E-state index contributed by atoms with van der Waals surface area (Å²) in [7, 11) is 0. The Hall–Kier alpha value is -1.65. The van der Waals surface area contributed by atoms with Crippen LogP contribution in [0.25, 0.3) is 0 Å². The first kappa shape index (κ1) is 13.4. The fraction of sp³-hybridized carbons (Fsp3) is 0.417. The molecule has 0 aliphatic heterocycles. The number of hydrogen-bond donors (Lipinski definition) is 1. The van der Waals surface area contributed by atoms with E-state index >= 15 is 0 Å². The van der Waals surface area contributed by atoms with Gasteiger partial charge in [-0.3, -0.25) is 0 Å². The Kier molecular flexibility index (Phi) is 4.43. The maximum atomic E-state index is 12.5. The first-order chi connectivity index (χ1) is 7.88. The number of carboxylic acids is 1. The normalized spacial score (nSPS) is 11.2. The molecule has 0 aromatic heterocycles. The van der Waals surface area contributed by atoms with E-state index < -0.39 is 11.9 Å². The molecule has 0 atom stereocenters. The highest BCUT2D eigenvalue weighted by Gasteiger charge is 2.19. The zero-order valence-corrected chi connectivity index (χ0v) is 9.45. The van der Waals surface area contributed by atoms with Crippen molar-refractivity contribution in [1.29, 1.82) is 0 Å². The average molecular weight is 244 g/mol. The molecule has 1 rings (SSSR count). The molecular weight excluding hydrogens is 230 g/mol. The Morgan fingerprint density at radius 1 is 1.35 bits per heavy atom. The zero-order chi connectivity index (χ0) is 12.9. The Morgan fingerprint density at radius 2 is 1.94 bits per heavy atom. The number of carboxylic acid groups (broad SMARTS) is 1. The van der Waals surface area contributed by atoms with Gasteiger partial charge in [0.15, 0.2) is 0 Å². The van der Waals surface area contributed by atoms with Crippen LogP contribution in [0.1, 0.15) is 30.1 Å². The SMILES string of the molecule is CC(F)(F)CCCOc1ccc(C(=O)O)cc1. The minimum absolute atomic E-state index is 0.164. The quantitative estimate of drug-likeness (QED) is 0.781. The molecule has 0 aliphatic carbocycles. The van der Waals surface area contributed by atoms with E-state index in [0.717, 1.165) is 6.92 Å². The van der Waals surface area contributed by atoms with E-state index in [0.29, 0.717) is 5.75 Å². The number of carbonyl (C=O) groups is 1. The van der Waals surface area contributed by atoms with Crippen molar-refractivity contribution in [2.24, 2.45) is 0 Å². The van der Waals surface area contributed by atoms with Crippen molar-refractivity contribution in [3.8, 4) is 5.75 Å². The third kappa shape index (κ3) is 5.29. The van der Waals surface area contributed by atoms with Crippen molar-refractivity contribution >= 4 is 5.97 Å². The van der Waals surface area contributed by atoms with E-state index in [2.05, 4.69) is 0 Å². The summed E-state index contributed by atoms with van der Waals surface area (Å²) < 4.78 is 30.1. The molecule has 94 valence electrons. The van der Waals surface area contributed by atoms with Crippen LogP contribution in [0.3, 0.4) is 0 Å².